The molecule has 0 saturated heterocycles. The highest BCUT2D eigenvalue weighted by atomic mass is 17.2. The second-order valence-corrected chi connectivity index (χ2v) is 12.1. The molecule has 3 aliphatic rings. The van der Waals surface area contributed by atoms with E-state index in [1.54, 1.807) is 0 Å². The molecular formula is C38H38O4. The largest absolute Gasteiger partial charge is 0.464 e. The van der Waals surface area contributed by atoms with E-state index in [2.05, 4.69) is 74.2 Å². The number of aryl methyl sites for hydroxylation is 2. The van der Waals surface area contributed by atoms with E-state index in [-0.39, 0.29) is 18.6 Å². The molecule has 42 heavy (non-hydrogen) atoms. The average molecular weight is 559 g/mol. The Balaban J connectivity index is 1.28. The summed E-state index contributed by atoms with van der Waals surface area (Å²) >= 11 is 0. The molecule has 1 unspecified atom stereocenters. The van der Waals surface area contributed by atoms with Gasteiger partial charge >= 0.3 is 0 Å². The van der Waals surface area contributed by atoms with Crippen molar-refractivity contribution in [3.05, 3.63) is 137 Å². The monoisotopic (exact) mass is 558 g/mol. The van der Waals surface area contributed by atoms with Crippen LogP contribution >= 0.6 is 0 Å². The van der Waals surface area contributed by atoms with Crippen LogP contribution in [-0.2, 0) is 34.3 Å². The van der Waals surface area contributed by atoms with E-state index in [1.807, 2.05) is 36.4 Å². The van der Waals surface area contributed by atoms with Crippen molar-refractivity contribution in [1.29, 1.82) is 0 Å². The van der Waals surface area contributed by atoms with Crippen molar-refractivity contribution >= 4 is 6.08 Å². The minimum Gasteiger partial charge on any atom is -0.464 e. The molecule has 0 fully saturated rings. The Hall–Kier alpha value is -3.86. The standard InChI is InChI=1S/C38H38O4/c1-3-26-17-21-30(22-18-26)42-39-25-38(2,29-13-5-4-6-14-29)37-40-33-23-19-27-11-7-9-15-31(27)35(33)36-32-16-10-8-12-28(32)20-24-34(36)41-37/h3-7,9,11,13-15,17-18,20-22,24,33,35,37H,1,8,10,12,16,19,23,25H2,2H3/t33-,35+,37?,38-/m1/s1. The summed E-state index contributed by atoms with van der Waals surface area (Å²) in [5.74, 6) is 1.72. The van der Waals surface area contributed by atoms with Crippen molar-refractivity contribution in [2.45, 2.75) is 69.2 Å². The van der Waals surface area contributed by atoms with Crippen LogP contribution in [0.2, 0.25) is 0 Å². The summed E-state index contributed by atoms with van der Waals surface area (Å²) in [6.07, 6.45) is 7.86. The van der Waals surface area contributed by atoms with E-state index < -0.39 is 11.7 Å². The molecule has 4 atom stereocenters. The van der Waals surface area contributed by atoms with Crippen LogP contribution in [-0.4, -0.2) is 19.0 Å². The van der Waals surface area contributed by atoms with Crippen molar-refractivity contribution in [3.63, 3.8) is 0 Å². The molecule has 4 aromatic rings. The van der Waals surface area contributed by atoms with Gasteiger partial charge in [-0.05, 0) is 97.0 Å². The number of hydrogen-bond donors (Lipinski definition) is 0. The summed E-state index contributed by atoms with van der Waals surface area (Å²) in [4.78, 5) is 11.8. The van der Waals surface area contributed by atoms with Crippen LogP contribution in [0.3, 0.4) is 0 Å². The van der Waals surface area contributed by atoms with Crippen LogP contribution < -0.4 is 9.62 Å². The lowest BCUT2D eigenvalue weighted by molar-refractivity contribution is -0.247. The van der Waals surface area contributed by atoms with Gasteiger partial charge in [-0.15, -0.1) is 0 Å². The summed E-state index contributed by atoms with van der Waals surface area (Å²) in [5, 5.41) is 0. The average Bonchev–Trinajstić information content (AvgIpc) is 3.23. The van der Waals surface area contributed by atoms with Crippen LogP contribution in [0.4, 0.5) is 0 Å². The van der Waals surface area contributed by atoms with Crippen LogP contribution in [0.1, 0.15) is 71.0 Å². The fraction of sp³-hybridized carbons (Fsp3) is 0.316. The SMILES string of the molecule is C=Cc1ccc(OOC[C@](C)(c2ccccc2)C2Oc3ccc4c(c3[C@H]3c5ccccc5CC[C@H]3O2)CCCC4)cc1. The van der Waals surface area contributed by atoms with Crippen LogP contribution in [0, 0.1) is 0 Å². The summed E-state index contributed by atoms with van der Waals surface area (Å²) in [6.45, 7) is 6.24. The minimum atomic E-state index is -0.651. The molecule has 214 valence electrons. The van der Waals surface area contributed by atoms with Gasteiger partial charge in [-0.1, -0.05) is 85.5 Å². The Labute approximate surface area is 248 Å². The highest BCUT2D eigenvalue weighted by Gasteiger charge is 2.47. The minimum absolute atomic E-state index is 0.00465. The maximum Gasteiger partial charge on any atom is 0.212 e. The van der Waals surface area contributed by atoms with E-state index in [0.29, 0.717) is 5.75 Å². The zero-order chi connectivity index (χ0) is 28.5. The van der Waals surface area contributed by atoms with Crippen molar-refractivity contribution < 1.29 is 19.2 Å². The number of rotatable bonds is 7. The van der Waals surface area contributed by atoms with Crippen LogP contribution in [0.25, 0.3) is 6.08 Å². The molecule has 0 amide bonds. The molecule has 4 heteroatoms. The zero-order valence-corrected chi connectivity index (χ0v) is 24.3. The molecule has 0 N–H and O–H groups in total. The quantitative estimate of drug-likeness (QED) is 0.169. The second kappa shape index (κ2) is 11.4. The van der Waals surface area contributed by atoms with Gasteiger partial charge in [0, 0.05) is 11.5 Å². The maximum atomic E-state index is 7.13. The lowest BCUT2D eigenvalue weighted by Crippen LogP contribution is -2.48. The fourth-order valence-electron chi connectivity index (χ4n) is 7.06. The Kier molecular flexibility index (Phi) is 7.35. The number of benzene rings is 4. The zero-order valence-electron chi connectivity index (χ0n) is 24.3. The summed E-state index contributed by atoms with van der Waals surface area (Å²) in [7, 11) is 0. The number of fused-ring (bicyclic) bond motifs is 7. The molecule has 4 aromatic carbocycles. The highest BCUT2D eigenvalue weighted by Crippen LogP contribution is 2.50. The molecule has 4 nitrogen and oxygen atoms in total. The summed E-state index contributed by atoms with van der Waals surface area (Å²) in [6, 6.07) is 31.5. The third kappa shape index (κ3) is 4.93. The highest BCUT2D eigenvalue weighted by molar-refractivity contribution is 5.55. The van der Waals surface area contributed by atoms with Gasteiger partial charge < -0.3 is 14.4 Å². The second-order valence-electron chi connectivity index (χ2n) is 12.1. The summed E-state index contributed by atoms with van der Waals surface area (Å²) in [5.41, 5.74) is 8.53. The fourth-order valence-corrected chi connectivity index (χ4v) is 7.06. The normalized spacial score (nSPS) is 22.2. The Morgan fingerprint density at radius 3 is 2.48 bits per heavy atom. The molecule has 0 aromatic heterocycles. The maximum absolute atomic E-state index is 7.13. The van der Waals surface area contributed by atoms with E-state index in [9.17, 15) is 0 Å². The topological polar surface area (TPSA) is 36.9 Å². The first-order chi connectivity index (χ1) is 20.6. The van der Waals surface area contributed by atoms with Crippen LogP contribution in [0.15, 0.2) is 97.6 Å². The van der Waals surface area contributed by atoms with Gasteiger partial charge in [-0.3, -0.25) is 0 Å². The van der Waals surface area contributed by atoms with Gasteiger partial charge in [0.1, 0.15) is 12.4 Å². The molecule has 1 aliphatic heterocycles. The third-order valence-corrected chi connectivity index (χ3v) is 9.42. The lowest BCUT2D eigenvalue weighted by Gasteiger charge is -2.39. The van der Waals surface area contributed by atoms with E-state index >= 15 is 0 Å². The molecule has 0 saturated carbocycles. The van der Waals surface area contributed by atoms with E-state index in [4.69, 9.17) is 19.2 Å². The first kappa shape index (κ1) is 27.0. The van der Waals surface area contributed by atoms with Gasteiger partial charge in [0.15, 0.2) is 5.75 Å². The third-order valence-electron chi connectivity index (χ3n) is 9.42. The number of ether oxygens (including phenoxy) is 2. The molecule has 7 rings (SSSR count). The van der Waals surface area contributed by atoms with Crippen LogP contribution in [0.5, 0.6) is 11.5 Å². The summed E-state index contributed by atoms with van der Waals surface area (Å²) < 4.78 is 14.1. The molecule has 0 spiro atoms. The molecule has 2 aliphatic carbocycles. The Morgan fingerprint density at radius 2 is 1.64 bits per heavy atom. The molecular weight excluding hydrogens is 520 g/mol. The molecule has 0 radical (unpaired) electrons. The van der Waals surface area contributed by atoms with Crippen molar-refractivity contribution in [3.8, 4) is 11.5 Å². The van der Waals surface area contributed by atoms with Crippen molar-refractivity contribution in [2.75, 3.05) is 6.61 Å². The van der Waals surface area contributed by atoms with Crippen molar-refractivity contribution in [2.24, 2.45) is 0 Å². The van der Waals surface area contributed by atoms with Gasteiger partial charge in [0.25, 0.3) is 0 Å². The van der Waals surface area contributed by atoms with Gasteiger partial charge in [-0.2, -0.15) is 4.89 Å². The predicted molar refractivity (Wildman–Crippen MR) is 166 cm³/mol. The van der Waals surface area contributed by atoms with Gasteiger partial charge in [-0.25, -0.2) is 0 Å². The smallest absolute Gasteiger partial charge is 0.212 e. The Bertz CT molecular complexity index is 1560. The van der Waals surface area contributed by atoms with Gasteiger partial charge in [0.2, 0.25) is 6.29 Å². The van der Waals surface area contributed by atoms with Gasteiger partial charge in [0.05, 0.1) is 11.5 Å². The Morgan fingerprint density at radius 1 is 0.857 bits per heavy atom. The van der Waals surface area contributed by atoms with E-state index in [0.717, 1.165) is 42.6 Å². The van der Waals surface area contributed by atoms with Crippen molar-refractivity contribution in [1.82, 2.24) is 0 Å². The van der Waals surface area contributed by atoms with E-state index in [1.165, 1.54) is 40.7 Å². The predicted octanol–water partition coefficient (Wildman–Crippen LogP) is 8.36. The first-order valence-electron chi connectivity index (χ1n) is 15.3. The molecule has 0 bridgehead atoms. The number of hydrogen-bond acceptors (Lipinski definition) is 4. The molecule has 1 heterocycles. The lowest BCUT2D eigenvalue weighted by atomic mass is 9.73. The first-order valence-corrected chi connectivity index (χ1v) is 15.3.